The standard InChI is InChI=1S/C17H29N3/c1-4-12(3)20-10-9-13(19-20)11-16(18-5-2)17-14-7-6-8-15(14)17/h9-10,12,14-18H,4-8,11H2,1-3H3. The van der Waals surface area contributed by atoms with E-state index in [4.69, 9.17) is 5.10 Å². The van der Waals surface area contributed by atoms with Gasteiger partial charge in [-0.25, -0.2) is 0 Å². The fourth-order valence-corrected chi connectivity index (χ4v) is 4.22. The van der Waals surface area contributed by atoms with E-state index >= 15 is 0 Å². The Kier molecular flexibility index (Phi) is 4.16. The molecule has 3 heteroatoms. The van der Waals surface area contributed by atoms with Crippen LogP contribution in [0.15, 0.2) is 12.3 Å². The van der Waals surface area contributed by atoms with Crippen molar-refractivity contribution in [2.24, 2.45) is 17.8 Å². The summed E-state index contributed by atoms with van der Waals surface area (Å²) in [7, 11) is 0. The van der Waals surface area contributed by atoms with Crippen LogP contribution in [0, 0.1) is 17.8 Å². The predicted molar refractivity (Wildman–Crippen MR) is 82.7 cm³/mol. The second kappa shape index (κ2) is 5.88. The number of rotatable bonds is 7. The van der Waals surface area contributed by atoms with Crippen LogP contribution < -0.4 is 5.32 Å². The molecule has 20 heavy (non-hydrogen) atoms. The molecule has 2 aliphatic rings. The first-order valence-electron chi connectivity index (χ1n) is 8.52. The Balaban J connectivity index is 1.63. The molecular weight excluding hydrogens is 246 g/mol. The van der Waals surface area contributed by atoms with Crippen LogP contribution >= 0.6 is 0 Å². The molecule has 3 rings (SSSR count). The van der Waals surface area contributed by atoms with Crippen LogP contribution in [0.3, 0.4) is 0 Å². The number of aromatic nitrogens is 2. The molecule has 4 atom stereocenters. The minimum absolute atomic E-state index is 0.515. The number of fused-ring (bicyclic) bond motifs is 1. The number of hydrogen-bond acceptors (Lipinski definition) is 2. The van der Waals surface area contributed by atoms with E-state index < -0.39 is 0 Å². The van der Waals surface area contributed by atoms with Crippen molar-refractivity contribution in [1.29, 1.82) is 0 Å². The summed E-state index contributed by atoms with van der Waals surface area (Å²) in [4.78, 5) is 0. The lowest BCUT2D eigenvalue weighted by molar-refractivity contribution is 0.403. The minimum atomic E-state index is 0.515. The molecule has 0 saturated heterocycles. The zero-order valence-electron chi connectivity index (χ0n) is 13.2. The van der Waals surface area contributed by atoms with Crippen molar-refractivity contribution in [3.63, 3.8) is 0 Å². The van der Waals surface area contributed by atoms with Gasteiger partial charge in [0.15, 0.2) is 0 Å². The van der Waals surface area contributed by atoms with Crippen LogP contribution in [0.2, 0.25) is 0 Å². The highest BCUT2D eigenvalue weighted by atomic mass is 15.3. The molecule has 4 unspecified atom stereocenters. The lowest BCUT2D eigenvalue weighted by atomic mass is 10.00. The van der Waals surface area contributed by atoms with Crippen molar-refractivity contribution in [2.45, 2.75) is 65.0 Å². The third-order valence-electron chi connectivity index (χ3n) is 5.54. The first-order chi connectivity index (χ1) is 9.74. The molecule has 0 radical (unpaired) electrons. The van der Waals surface area contributed by atoms with Crippen molar-refractivity contribution in [1.82, 2.24) is 15.1 Å². The number of hydrogen-bond donors (Lipinski definition) is 1. The van der Waals surface area contributed by atoms with E-state index in [1.807, 2.05) is 0 Å². The van der Waals surface area contributed by atoms with Crippen molar-refractivity contribution in [2.75, 3.05) is 6.54 Å². The van der Waals surface area contributed by atoms with E-state index in [9.17, 15) is 0 Å². The van der Waals surface area contributed by atoms with Crippen molar-refractivity contribution in [3.05, 3.63) is 18.0 Å². The molecule has 0 amide bonds. The lowest BCUT2D eigenvalue weighted by Crippen LogP contribution is -2.34. The highest BCUT2D eigenvalue weighted by Gasteiger charge is 2.55. The fraction of sp³-hybridized carbons (Fsp3) is 0.824. The Morgan fingerprint density at radius 3 is 2.75 bits per heavy atom. The van der Waals surface area contributed by atoms with Crippen molar-refractivity contribution < 1.29 is 0 Å². The number of nitrogens with zero attached hydrogens (tertiary/aromatic N) is 2. The van der Waals surface area contributed by atoms with Crippen LogP contribution in [0.5, 0.6) is 0 Å². The average Bonchev–Trinajstić information content (AvgIpc) is 2.87. The minimum Gasteiger partial charge on any atom is -0.314 e. The molecule has 2 fully saturated rings. The van der Waals surface area contributed by atoms with Gasteiger partial charge in [-0.1, -0.05) is 20.3 Å². The monoisotopic (exact) mass is 275 g/mol. The Bertz CT molecular complexity index is 429. The summed E-state index contributed by atoms with van der Waals surface area (Å²) in [5, 5.41) is 8.51. The Labute approximate surface area is 123 Å². The molecule has 1 aromatic heterocycles. The second-order valence-corrected chi connectivity index (χ2v) is 6.75. The lowest BCUT2D eigenvalue weighted by Gasteiger charge is -2.19. The maximum atomic E-state index is 4.78. The van der Waals surface area contributed by atoms with E-state index in [0.29, 0.717) is 12.1 Å². The molecule has 0 aliphatic heterocycles. The molecule has 112 valence electrons. The van der Waals surface area contributed by atoms with Crippen molar-refractivity contribution in [3.8, 4) is 0 Å². The Hall–Kier alpha value is -0.830. The molecule has 1 heterocycles. The van der Waals surface area contributed by atoms with E-state index in [-0.39, 0.29) is 0 Å². The maximum absolute atomic E-state index is 4.78. The fourth-order valence-electron chi connectivity index (χ4n) is 4.22. The van der Waals surface area contributed by atoms with E-state index in [1.54, 1.807) is 0 Å². The predicted octanol–water partition coefficient (Wildman–Crippen LogP) is 3.42. The quantitative estimate of drug-likeness (QED) is 0.826. The molecule has 0 spiro atoms. The summed E-state index contributed by atoms with van der Waals surface area (Å²) < 4.78 is 2.13. The molecule has 2 aliphatic carbocycles. The molecule has 3 nitrogen and oxygen atoms in total. The third-order valence-corrected chi connectivity index (χ3v) is 5.54. The van der Waals surface area contributed by atoms with Gasteiger partial charge in [0.2, 0.25) is 0 Å². The average molecular weight is 275 g/mol. The summed E-state index contributed by atoms with van der Waals surface area (Å²) >= 11 is 0. The third kappa shape index (κ3) is 2.65. The van der Waals surface area contributed by atoms with Gasteiger partial charge in [0.1, 0.15) is 0 Å². The van der Waals surface area contributed by atoms with Gasteiger partial charge in [-0.2, -0.15) is 5.10 Å². The van der Waals surface area contributed by atoms with Crippen LogP contribution in [-0.4, -0.2) is 22.4 Å². The molecule has 1 N–H and O–H groups in total. The van der Waals surface area contributed by atoms with Crippen LogP contribution in [0.1, 0.15) is 58.2 Å². The SMILES string of the molecule is CCNC(Cc1ccn(C(C)CC)n1)C1C2CCCC21. The summed E-state index contributed by atoms with van der Waals surface area (Å²) in [5.41, 5.74) is 1.27. The van der Waals surface area contributed by atoms with Crippen LogP contribution in [0.4, 0.5) is 0 Å². The first kappa shape index (κ1) is 14.1. The zero-order chi connectivity index (χ0) is 14.1. The van der Waals surface area contributed by atoms with E-state index in [1.165, 1.54) is 25.0 Å². The van der Waals surface area contributed by atoms with Gasteiger partial charge < -0.3 is 5.32 Å². The van der Waals surface area contributed by atoms with Gasteiger partial charge in [-0.3, -0.25) is 4.68 Å². The molecule has 1 aromatic rings. The van der Waals surface area contributed by atoms with E-state index in [0.717, 1.165) is 37.1 Å². The van der Waals surface area contributed by atoms with Gasteiger partial charge in [0.05, 0.1) is 5.69 Å². The zero-order valence-corrected chi connectivity index (χ0v) is 13.2. The number of nitrogens with one attached hydrogen (secondary N) is 1. The highest BCUT2D eigenvalue weighted by Crippen LogP contribution is 2.59. The summed E-state index contributed by atoms with van der Waals surface area (Å²) in [6.45, 7) is 7.76. The smallest absolute Gasteiger partial charge is 0.0640 e. The second-order valence-electron chi connectivity index (χ2n) is 6.75. The van der Waals surface area contributed by atoms with Crippen LogP contribution in [0.25, 0.3) is 0 Å². The Morgan fingerprint density at radius 2 is 2.10 bits per heavy atom. The molecule has 2 saturated carbocycles. The Morgan fingerprint density at radius 1 is 1.35 bits per heavy atom. The van der Waals surface area contributed by atoms with Gasteiger partial charge in [-0.05, 0) is 56.6 Å². The number of likely N-dealkylation sites (N-methyl/N-ethyl adjacent to an activating group) is 1. The summed E-state index contributed by atoms with van der Waals surface area (Å²) in [6.07, 6.45) is 8.81. The van der Waals surface area contributed by atoms with Crippen molar-refractivity contribution >= 4 is 0 Å². The summed E-state index contributed by atoms with van der Waals surface area (Å²) in [5.74, 6) is 2.98. The largest absolute Gasteiger partial charge is 0.314 e. The molecule has 0 bridgehead atoms. The summed E-state index contributed by atoms with van der Waals surface area (Å²) in [6, 6.07) is 3.38. The maximum Gasteiger partial charge on any atom is 0.0640 e. The highest BCUT2D eigenvalue weighted by molar-refractivity contribution is 5.11. The molecule has 0 aromatic carbocycles. The first-order valence-corrected chi connectivity index (χ1v) is 8.52. The van der Waals surface area contributed by atoms with Gasteiger partial charge in [0.25, 0.3) is 0 Å². The van der Waals surface area contributed by atoms with Gasteiger partial charge in [0, 0.05) is 24.7 Å². The van der Waals surface area contributed by atoms with Gasteiger partial charge in [-0.15, -0.1) is 0 Å². The topological polar surface area (TPSA) is 29.9 Å². The van der Waals surface area contributed by atoms with E-state index in [2.05, 4.69) is 43.0 Å². The molecular formula is C17H29N3. The normalized spacial score (nSPS) is 31.1. The van der Waals surface area contributed by atoms with Crippen LogP contribution in [-0.2, 0) is 6.42 Å². The van der Waals surface area contributed by atoms with Gasteiger partial charge >= 0.3 is 0 Å².